The molecule has 9 heteroatoms. The lowest BCUT2D eigenvalue weighted by Crippen LogP contribution is -2.57. The van der Waals surface area contributed by atoms with Crippen LogP contribution in [-0.2, 0) is 16.1 Å². The predicted octanol–water partition coefficient (Wildman–Crippen LogP) is 4.57. The minimum absolute atomic E-state index is 0.0438. The molecular formula is C30H34FN5O2S. The number of halogens is 1. The zero-order chi connectivity index (χ0) is 28.2. The molecule has 2 amide bonds. The van der Waals surface area contributed by atoms with Gasteiger partial charge in [0.15, 0.2) is 5.11 Å². The van der Waals surface area contributed by atoms with Gasteiger partial charge in [0.2, 0.25) is 11.8 Å². The van der Waals surface area contributed by atoms with E-state index in [0.29, 0.717) is 22.9 Å². The van der Waals surface area contributed by atoms with Gasteiger partial charge in [-0.3, -0.25) is 9.59 Å². The standard InChI is InChI=1S/C30H34FN5O2S/c1-30(2,28(38)32-23-14-16-24(17-15-23)34(3)4)36(18-22-12-8-9-13-25(22)31)27(37)20-35-19-26(33-29(35)39)21-10-6-5-7-11-21/h5-17,26H,18-20H2,1-4H3,(H,32,38)(H,33,39)/t26-/m1/s1. The van der Waals surface area contributed by atoms with Gasteiger partial charge in [-0.25, -0.2) is 4.39 Å². The summed E-state index contributed by atoms with van der Waals surface area (Å²) in [4.78, 5) is 32.5. The zero-order valence-electron chi connectivity index (χ0n) is 22.6. The van der Waals surface area contributed by atoms with Crippen molar-refractivity contribution < 1.29 is 14.0 Å². The zero-order valence-corrected chi connectivity index (χ0v) is 23.5. The quantitative estimate of drug-likeness (QED) is 0.383. The molecule has 3 aromatic rings. The number of carbonyl (C=O) groups is 2. The summed E-state index contributed by atoms with van der Waals surface area (Å²) in [7, 11) is 3.87. The van der Waals surface area contributed by atoms with E-state index >= 15 is 0 Å². The van der Waals surface area contributed by atoms with E-state index in [-0.39, 0.29) is 30.9 Å². The smallest absolute Gasteiger partial charge is 0.249 e. The average molecular weight is 548 g/mol. The molecule has 0 spiro atoms. The Kier molecular flexibility index (Phi) is 8.50. The van der Waals surface area contributed by atoms with Crippen LogP contribution in [0.2, 0.25) is 0 Å². The fourth-order valence-electron chi connectivity index (χ4n) is 4.49. The first-order chi connectivity index (χ1) is 18.6. The molecule has 2 N–H and O–H groups in total. The van der Waals surface area contributed by atoms with Crippen LogP contribution in [0, 0.1) is 5.82 Å². The van der Waals surface area contributed by atoms with Gasteiger partial charge < -0.3 is 25.3 Å². The van der Waals surface area contributed by atoms with Gasteiger partial charge >= 0.3 is 0 Å². The van der Waals surface area contributed by atoms with Crippen molar-refractivity contribution in [2.45, 2.75) is 32.0 Å². The van der Waals surface area contributed by atoms with Crippen LogP contribution in [0.5, 0.6) is 0 Å². The molecule has 204 valence electrons. The van der Waals surface area contributed by atoms with Crippen LogP contribution in [-0.4, -0.2) is 59.5 Å². The number of hydrogen-bond donors (Lipinski definition) is 2. The molecule has 7 nitrogen and oxygen atoms in total. The number of rotatable bonds is 9. The molecule has 0 unspecified atom stereocenters. The second kappa shape index (κ2) is 11.8. The van der Waals surface area contributed by atoms with Crippen LogP contribution in [0.25, 0.3) is 0 Å². The summed E-state index contributed by atoms with van der Waals surface area (Å²) in [5.74, 6) is -1.15. The highest BCUT2D eigenvalue weighted by atomic mass is 32.1. The topological polar surface area (TPSA) is 67.9 Å². The summed E-state index contributed by atoms with van der Waals surface area (Å²) in [5, 5.41) is 6.66. The highest BCUT2D eigenvalue weighted by Crippen LogP contribution is 2.25. The second-order valence-corrected chi connectivity index (χ2v) is 10.7. The lowest BCUT2D eigenvalue weighted by molar-refractivity contribution is -0.144. The van der Waals surface area contributed by atoms with Crippen molar-refractivity contribution in [1.29, 1.82) is 0 Å². The normalized spacial score (nSPS) is 15.1. The number of benzene rings is 3. The molecule has 1 aliphatic heterocycles. The molecule has 1 aliphatic rings. The van der Waals surface area contributed by atoms with Gasteiger partial charge in [-0.1, -0.05) is 48.5 Å². The van der Waals surface area contributed by atoms with Gasteiger partial charge in [-0.05, 0) is 62.0 Å². The van der Waals surface area contributed by atoms with E-state index in [0.717, 1.165) is 11.3 Å². The largest absolute Gasteiger partial charge is 0.378 e. The molecule has 1 saturated heterocycles. The first-order valence-corrected chi connectivity index (χ1v) is 13.2. The maximum atomic E-state index is 14.7. The van der Waals surface area contributed by atoms with Crippen molar-refractivity contribution in [3.63, 3.8) is 0 Å². The van der Waals surface area contributed by atoms with Gasteiger partial charge in [-0.15, -0.1) is 0 Å². The average Bonchev–Trinajstić information content (AvgIpc) is 3.28. The maximum Gasteiger partial charge on any atom is 0.249 e. The van der Waals surface area contributed by atoms with Crippen molar-refractivity contribution in [2.75, 3.05) is 37.4 Å². The summed E-state index contributed by atoms with van der Waals surface area (Å²) in [6, 6.07) is 23.5. The highest BCUT2D eigenvalue weighted by Gasteiger charge is 2.40. The first-order valence-electron chi connectivity index (χ1n) is 12.8. The van der Waals surface area contributed by atoms with E-state index < -0.39 is 11.4 Å². The number of nitrogens with zero attached hydrogens (tertiary/aromatic N) is 3. The number of anilines is 2. The molecule has 0 bridgehead atoms. The predicted molar refractivity (Wildman–Crippen MR) is 157 cm³/mol. The summed E-state index contributed by atoms with van der Waals surface area (Å²) in [6.45, 7) is 3.73. The first kappa shape index (κ1) is 28.0. The van der Waals surface area contributed by atoms with Gasteiger partial charge in [-0.2, -0.15) is 0 Å². The Hall–Kier alpha value is -3.98. The third kappa shape index (κ3) is 6.54. The number of hydrogen-bond acceptors (Lipinski definition) is 4. The summed E-state index contributed by atoms with van der Waals surface area (Å²) >= 11 is 5.53. The lowest BCUT2D eigenvalue weighted by atomic mass is 9.99. The molecule has 0 radical (unpaired) electrons. The molecule has 1 fully saturated rings. The van der Waals surface area contributed by atoms with E-state index in [1.54, 1.807) is 36.9 Å². The molecule has 1 heterocycles. The Labute approximate surface area is 234 Å². The van der Waals surface area contributed by atoms with Crippen molar-refractivity contribution in [3.8, 4) is 0 Å². The fraction of sp³-hybridized carbons (Fsp3) is 0.300. The Morgan fingerprint density at radius 1 is 1.03 bits per heavy atom. The number of thiocarbonyl (C=S) groups is 1. The van der Waals surface area contributed by atoms with E-state index in [4.69, 9.17) is 12.2 Å². The van der Waals surface area contributed by atoms with Crippen LogP contribution in [0.1, 0.15) is 31.0 Å². The number of carbonyl (C=O) groups excluding carboxylic acids is 2. The minimum Gasteiger partial charge on any atom is -0.378 e. The number of amides is 2. The monoisotopic (exact) mass is 547 g/mol. The third-order valence-electron chi connectivity index (χ3n) is 6.98. The van der Waals surface area contributed by atoms with Crippen molar-refractivity contribution in [3.05, 3.63) is 95.8 Å². The van der Waals surface area contributed by atoms with Crippen LogP contribution in [0.15, 0.2) is 78.9 Å². The molecule has 0 aromatic heterocycles. The minimum atomic E-state index is -1.30. The Balaban J connectivity index is 1.55. The lowest BCUT2D eigenvalue weighted by Gasteiger charge is -2.38. The third-order valence-corrected chi connectivity index (χ3v) is 7.35. The molecule has 0 aliphatic carbocycles. The SMILES string of the molecule is CN(C)c1ccc(NC(=O)C(C)(C)N(Cc2ccccc2F)C(=O)CN2C[C@H](c3ccccc3)NC2=S)cc1. The Morgan fingerprint density at radius 2 is 1.67 bits per heavy atom. The molecule has 0 saturated carbocycles. The van der Waals surface area contributed by atoms with Crippen LogP contribution < -0.4 is 15.5 Å². The molecule has 39 heavy (non-hydrogen) atoms. The Morgan fingerprint density at radius 3 is 2.31 bits per heavy atom. The van der Waals surface area contributed by atoms with Gasteiger partial charge in [0, 0.05) is 44.1 Å². The number of nitrogens with one attached hydrogen (secondary N) is 2. The maximum absolute atomic E-state index is 14.7. The van der Waals surface area contributed by atoms with Crippen molar-refractivity contribution in [1.82, 2.24) is 15.1 Å². The molecule has 4 rings (SSSR count). The molecule has 3 aromatic carbocycles. The van der Waals surface area contributed by atoms with Crippen molar-refractivity contribution in [2.24, 2.45) is 0 Å². The van der Waals surface area contributed by atoms with Crippen molar-refractivity contribution >= 4 is 40.5 Å². The van der Waals surface area contributed by atoms with E-state index in [1.165, 1.54) is 11.0 Å². The molecule has 1 atom stereocenters. The summed E-state index contributed by atoms with van der Waals surface area (Å²) < 4.78 is 14.7. The van der Waals surface area contributed by atoms with Crippen LogP contribution in [0.4, 0.5) is 15.8 Å². The van der Waals surface area contributed by atoms with E-state index in [2.05, 4.69) is 10.6 Å². The van der Waals surface area contributed by atoms with E-state index in [9.17, 15) is 14.0 Å². The Bertz CT molecular complexity index is 1330. The van der Waals surface area contributed by atoms with Crippen LogP contribution in [0.3, 0.4) is 0 Å². The summed E-state index contributed by atoms with van der Waals surface area (Å²) in [6.07, 6.45) is 0. The van der Waals surface area contributed by atoms with Gasteiger partial charge in [0.1, 0.15) is 11.4 Å². The summed E-state index contributed by atoms with van der Waals surface area (Å²) in [5.41, 5.74) is 1.69. The van der Waals surface area contributed by atoms with Gasteiger partial charge in [0.25, 0.3) is 0 Å². The second-order valence-electron chi connectivity index (χ2n) is 10.3. The van der Waals surface area contributed by atoms with Gasteiger partial charge in [0.05, 0.1) is 12.6 Å². The highest BCUT2D eigenvalue weighted by molar-refractivity contribution is 7.80. The molecular weight excluding hydrogens is 513 g/mol. The van der Waals surface area contributed by atoms with E-state index in [1.807, 2.05) is 73.6 Å². The fourth-order valence-corrected chi connectivity index (χ4v) is 4.77. The van der Waals surface area contributed by atoms with Crippen LogP contribution >= 0.6 is 12.2 Å².